The summed E-state index contributed by atoms with van der Waals surface area (Å²) in [5, 5.41) is 0. The van der Waals surface area contributed by atoms with Gasteiger partial charge in [0.15, 0.2) is 0 Å². The van der Waals surface area contributed by atoms with Crippen molar-refractivity contribution in [1.29, 1.82) is 0 Å². The fraction of sp³-hybridized carbons (Fsp3) is 0.964. The standard InChI is InChI=1S/C28H56O9/c1-3-4-5-6-7-8-9-10-11-12-13-30-14-15-31-16-17-32-18-19-33-20-21-34-22-23-35-24-25-36-26-27-37-28(2)29/h3-27H2,1-2H3. The molecule has 0 saturated heterocycles. The second-order valence-electron chi connectivity index (χ2n) is 8.81. The number of hydrogen-bond donors (Lipinski definition) is 0. The van der Waals surface area contributed by atoms with Crippen LogP contribution in [0.3, 0.4) is 0 Å². The summed E-state index contributed by atoms with van der Waals surface area (Å²) in [6, 6.07) is 0. The molecule has 222 valence electrons. The largest absolute Gasteiger partial charge is 0.463 e. The smallest absolute Gasteiger partial charge is 0.302 e. The monoisotopic (exact) mass is 536 g/mol. The summed E-state index contributed by atoms with van der Waals surface area (Å²) in [7, 11) is 0. The molecular formula is C28H56O9. The van der Waals surface area contributed by atoms with E-state index in [0.717, 1.165) is 13.0 Å². The van der Waals surface area contributed by atoms with Gasteiger partial charge < -0.3 is 37.9 Å². The number of carbonyl (C=O) groups is 1. The van der Waals surface area contributed by atoms with E-state index in [1.165, 1.54) is 64.7 Å². The van der Waals surface area contributed by atoms with Gasteiger partial charge >= 0.3 is 5.97 Å². The van der Waals surface area contributed by atoms with Crippen LogP contribution in [0.5, 0.6) is 0 Å². The molecule has 0 atom stereocenters. The van der Waals surface area contributed by atoms with Crippen molar-refractivity contribution in [1.82, 2.24) is 0 Å². The molecule has 0 spiro atoms. The first-order valence-corrected chi connectivity index (χ1v) is 14.4. The van der Waals surface area contributed by atoms with Gasteiger partial charge in [-0.25, -0.2) is 0 Å². The van der Waals surface area contributed by atoms with Crippen LogP contribution in [0, 0.1) is 0 Å². The van der Waals surface area contributed by atoms with E-state index in [9.17, 15) is 4.79 Å². The summed E-state index contributed by atoms with van der Waals surface area (Å²) in [5.74, 6) is -0.301. The van der Waals surface area contributed by atoms with E-state index < -0.39 is 0 Å². The highest BCUT2D eigenvalue weighted by atomic mass is 16.6. The van der Waals surface area contributed by atoms with Crippen molar-refractivity contribution in [3.05, 3.63) is 0 Å². The molecule has 0 aliphatic carbocycles. The zero-order chi connectivity index (χ0) is 26.9. The van der Waals surface area contributed by atoms with Crippen LogP contribution in [-0.2, 0) is 42.7 Å². The molecule has 0 unspecified atom stereocenters. The number of carbonyl (C=O) groups excluding carboxylic acids is 1. The predicted molar refractivity (Wildman–Crippen MR) is 144 cm³/mol. The minimum absolute atomic E-state index is 0.270. The molecule has 0 aromatic rings. The Morgan fingerprint density at radius 2 is 0.649 bits per heavy atom. The van der Waals surface area contributed by atoms with E-state index >= 15 is 0 Å². The number of unbranched alkanes of at least 4 members (excludes halogenated alkanes) is 9. The Bertz CT molecular complexity index is 438. The molecular weight excluding hydrogens is 480 g/mol. The Morgan fingerprint density at radius 1 is 0.378 bits per heavy atom. The topological polar surface area (TPSA) is 90.9 Å². The minimum Gasteiger partial charge on any atom is -0.463 e. The fourth-order valence-electron chi connectivity index (χ4n) is 3.36. The fourth-order valence-corrected chi connectivity index (χ4v) is 3.36. The third-order valence-corrected chi connectivity index (χ3v) is 5.41. The summed E-state index contributed by atoms with van der Waals surface area (Å²) in [4.78, 5) is 10.6. The molecule has 0 saturated carbocycles. The van der Waals surface area contributed by atoms with E-state index in [1.807, 2.05) is 0 Å². The predicted octanol–water partition coefficient (Wildman–Crippen LogP) is 4.59. The van der Waals surface area contributed by atoms with Crippen molar-refractivity contribution in [2.75, 3.05) is 99.1 Å². The van der Waals surface area contributed by atoms with Crippen molar-refractivity contribution in [2.45, 2.75) is 78.1 Å². The van der Waals surface area contributed by atoms with E-state index in [1.54, 1.807) is 0 Å². The molecule has 0 rings (SSSR count). The van der Waals surface area contributed by atoms with Crippen molar-refractivity contribution < 1.29 is 42.7 Å². The molecule has 0 heterocycles. The molecule has 37 heavy (non-hydrogen) atoms. The Balaban J connectivity index is 3.02. The van der Waals surface area contributed by atoms with Crippen molar-refractivity contribution in [3.8, 4) is 0 Å². The quantitative estimate of drug-likeness (QED) is 0.0904. The van der Waals surface area contributed by atoms with Crippen LogP contribution in [-0.4, -0.2) is 105 Å². The van der Waals surface area contributed by atoms with Crippen LogP contribution >= 0.6 is 0 Å². The summed E-state index contributed by atoms with van der Waals surface area (Å²) in [5.41, 5.74) is 0. The summed E-state index contributed by atoms with van der Waals surface area (Å²) in [6.45, 7) is 11.6. The Morgan fingerprint density at radius 3 is 0.973 bits per heavy atom. The summed E-state index contributed by atoms with van der Waals surface area (Å²) < 4.78 is 42.9. The van der Waals surface area contributed by atoms with E-state index in [-0.39, 0.29) is 12.6 Å². The van der Waals surface area contributed by atoms with Gasteiger partial charge in [-0.2, -0.15) is 0 Å². The summed E-state index contributed by atoms with van der Waals surface area (Å²) >= 11 is 0. The lowest BCUT2D eigenvalue weighted by atomic mass is 10.1. The molecule has 0 aromatic carbocycles. The third kappa shape index (κ3) is 35.2. The lowest BCUT2D eigenvalue weighted by Gasteiger charge is -2.08. The zero-order valence-corrected chi connectivity index (χ0v) is 23.9. The Kier molecular flexibility index (Phi) is 32.5. The normalized spacial score (nSPS) is 11.3. The van der Waals surface area contributed by atoms with E-state index in [4.69, 9.17) is 37.9 Å². The van der Waals surface area contributed by atoms with Crippen LogP contribution < -0.4 is 0 Å². The van der Waals surface area contributed by atoms with Gasteiger partial charge in [0.2, 0.25) is 0 Å². The van der Waals surface area contributed by atoms with Crippen LogP contribution in [0.1, 0.15) is 78.1 Å². The van der Waals surface area contributed by atoms with Crippen LogP contribution in [0.25, 0.3) is 0 Å². The molecule has 0 aliphatic heterocycles. The first-order valence-electron chi connectivity index (χ1n) is 14.4. The molecule has 0 aliphatic rings. The zero-order valence-electron chi connectivity index (χ0n) is 23.9. The number of rotatable bonds is 32. The molecule has 0 fully saturated rings. The average Bonchev–Trinajstić information content (AvgIpc) is 2.89. The highest BCUT2D eigenvalue weighted by Crippen LogP contribution is 2.10. The molecule has 0 bridgehead atoms. The van der Waals surface area contributed by atoms with Gasteiger partial charge in [-0.3, -0.25) is 4.79 Å². The third-order valence-electron chi connectivity index (χ3n) is 5.41. The van der Waals surface area contributed by atoms with Crippen LogP contribution in [0.4, 0.5) is 0 Å². The van der Waals surface area contributed by atoms with Crippen molar-refractivity contribution >= 4 is 5.97 Å². The number of hydrogen-bond acceptors (Lipinski definition) is 9. The molecule has 0 aromatic heterocycles. The van der Waals surface area contributed by atoms with Crippen molar-refractivity contribution in [2.24, 2.45) is 0 Å². The molecule has 9 heteroatoms. The second-order valence-corrected chi connectivity index (χ2v) is 8.81. The Labute approximate surface area is 226 Å². The van der Waals surface area contributed by atoms with Gasteiger partial charge in [0.1, 0.15) is 6.61 Å². The lowest BCUT2D eigenvalue weighted by molar-refractivity contribution is -0.142. The number of esters is 1. The van der Waals surface area contributed by atoms with Gasteiger partial charge in [-0.05, 0) is 6.42 Å². The minimum atomic E-state index is -0.301. The first kappa shape index (κ1) is 36.2. The number of ether oxygens (including phenoxy) is 8. The second kappa shape index (κ2) is 33.2. The maximum Gasteiger partial charge on any atom is 0.302 e. The van der Waals surface area contributed by atoms with E-state index in [2.05, 4.69) is 6.92 Å². The lowest BCUT2D eigenvalue weighted by Crippen LogP contribution is -2.15. The molecule has 9 nitrogen and oxygen atoms in total. The molecule has 0 radical (unpaired) electrons. The summed E-state index contributed by atoms with van der Waals surface area (Å²) in [6.07, 6.45) is 13.4. The Hall–Kier alpha value is -0.810. The maximum absolute atomic E-state index is 10.6. The highest BCUT2D eigenvalue weighted by Gasteiger charge is 1.96. The van der Waals surface area contributed by atoms with Crippen LogP contribution in [0.2, 0.25) is 0 Å². The maximum atomic E-state index is 10.6. The average molecular weight is 537 g/mol. The van der Waals surface area contributed by atoms with Gasteiger partial charge in [0.25, 0.3) is 0 Å². The van der Waals surface area contributed by atoms with Crippen molar-refractivity contribution in [3.63, 3.8) is 0 Å². The molecule has 0 amide bonds. The highest BCUT2D eigenvalue weighted by molar-refractivity contribution is 5.65. The molecule has 0 N–H and O–H groups in total. The van der Waals surface area contributed by atoms with E-state index in [0.29, 0.717) is 85.9 Å². The SMILES string of the molecule is CCCCCCCCCCCCOCCOCCOCCOCCOCCOCCOCCOC(C)=O. The van der Waals surface area contributed by atoms with Gasteiger partial charge in [-0.1, -0.05) is 64.7 Å². The van der Waals surface area contributed by atoms with Crippen LogP contribution in [0.15, 0.2) is 0 Å². The first-order chi connectivity index (χ1) is 18.3. The van der Waals surface area contributed by atoms with Gasteiger partial charge in [0, 0.05) is 13.5 Å². The van der Waals surface area contributed by atoms with Gasteiger partial charge in [0.05, 0.1) is 85.9 Å². The van der Waals surface area contributed by atoms with Gasteiger partial charge in [-0.15, -0.1) is 0 Å².